The lowest BCUT2D eigenvalue weighted by Crippen LogP contribution is -2.39. The van der Waals surface area contributed by atoms with Crippen molar-refractivity contribution in [2.45, 2.75) is 39.7 Å². The van der Waals surface area contributed by atoms with E-state index in [2.05, 4.69) is 10.1 Å². The van der Waals surface area contributed by atoms with Crippen LogP contribution in [0.3, 0.4) is 0 Å². The molecule has 0 fully saturated rings. The molecular formula is C22H24N4O4. The average molecular weight is 408 g/mol. The first-order valence-electron chi connectivity index (χ1n) is 9.84. The SMILES string of the molecule is CC[C@@H](C)N(CCc1nc(-c2cccc([N+](=O)[O-])c2)no1)C(=O)c1ccc(C)cc1. The molecule has 8 nitrogen and oxygen atoms in total. The lowest BCUT2D eigenvalue weighted by Gasteiger charge is -2.28. The second kappa shape index (κ2) is 9.30. The molecule has 8 heteroatoms. The number of amides is 1. The van der Waals surface area contributed by atoms with E-state index >= 15 is 0 Å². The summed E-state index contributed by atoms with van der Waals surface area (Å²) in [6.07, 6.45) is 1.21. The molecule has 0 saturated carbocycles. The standard InChI is InChI=1S/C22H24N4O4/c1-4-16(3)25(22(27)17-10-8-15(2)9-11-17)13-12-20-23-21(24-30-20)18-6-5-7-19(14-18)26(28)29/h5-11,14,16H,4,12-13H2,1-3H3/t16-/m1/s1. The first-order valence-corrected chi connectivity index (χ1v) is 9.84. The van der Waals surface area contributed by atoms with Gasteiger partial charge in [-0.2, -0.15) is 4.98 Å². The van der Waals surface area contributed by atoms with Crippen LogP contribution in [0.1, 0.15) is 42.1 Å². The van der Waals surface area contributed by atoms with E-state index in [1.165, 1.54) is 12.1 Å². The van der Waals surface area contributed by atoms with Gasteiger partial charge < -0.3 is 9.42 Å². The normalized spacial score (nSPS) is 11.8. The van der Waals surface area contributed by atoms with Crippen molar-refractivity contribution in [3.63, 3.8) is 0 Å². The van der Waals surface area contributed by atoms with E-state index in [0.29, 0.717) is 30.0 Å². The largest absolute Gasteiger partial charge is 0.339 e. The quantitative estimate of drug-likeness (QED) is 0.403. The van der Waals surface area contributed by atoms with Crippen LogP contribution in [0.5, 0.6) is 0 Å². The first-order chi connectivity index (χ1) is 14.4. The van der Waals surface area contributed by atoms with Crippen molar-refractivity contribution in [3.8, 4) is 11.4 Å². The fourth-order valence-corrected chi connectivity index (χ4v) is 3.05. The highest BCUT2D eigenvalue weighted by atomic mass is 16.6. The Bertz CT molecular complexity index is 1030. The topological polar surface area (TPSA) is 102 Å². The van der Waals surface area contributed by atoms with Crippen molar-refractivity contribution in [3.05, 3.63) is 75.7 Å². The van der Waals surface area contributed by atoms with Gasteiger partial charge in [0.1, 0.15) is 0 Å². The summed E-state index contributed by atoms with van der Waals surface area (Å²) in [6, 6.07) is 13.6. The number of benzene rings is 2. The summed E-state index contributed by atoms with van der Waals surface area (Å²) in [6.45, 7) is 6.45. The molecule has 1 atom stereocenters. The number of nitro groups is 1. The minimum atomic E-state index is -0.467. The molecule has 1 amide bonds. The van der Waals surface area contributed by atoms with E-state index in [9.17, 15) is 14.9 Å². The number of hydrogen-bond acceptors (Lipinski definition) is 6. The third-order valence-electron chi connectivity index (χ3n) is 5.03. The second-order valence-electron chi connectivity index (χ2n) is 7.19. The Hall–Kier alpha value is -3.55. The van der Waals surface area contributed by atoms with Gasteiger partial charge in [-0.15, -0.1) is 0 Å². The maximum Gasteiger partial charge on any atom is 0.270 e. The molecule has 156 valence electrons. The Morgan fingerprint density at radius 2 is 1.97 bits per heavy atom. The fraction of sp³-hybridized carbons (Fsp3) is 0.318. The molecule has 30 heavy (non-hydrogen) atoms. The smallest absolute Gasteiger partial charge is 0.270 e. The Morgan fingerprint density at radius 1 is 1.23 bits per heavy atom. The minimum Gasteiger partial charge on any atom is -0.339 e. The number of nitrogens with zero attached hydrogens (tertiary/aromatic N) is 4. The van der Waals surface area contributed by atoms with Crippen molar-refractivity contribution in [1.29, 1.82) is 0 Å². The minimum absolute atomic E-state index is 0.0366. The zero-order chi connectivity index (χ0) is 21.7. The number of carbonyl (C=O) groups is 1. The van der Waals surface area contributed by atoms with Gasteiger partial charge in [-0.1, -0.05) is 41.9 Å². The lowest BCUT2D eigenvalue weighted by molar-refractivity contribution is -0.384. The van der Waals surface area contributed by atoms with Crippen LogP contribution in [-0.2, 0) is 6.42 Å². The molecule has 1 heterocycles. The summed E-state index contributed by atoms with van der Waals surface area (Å²) in [7, 11) is 0. The maximum absolute atomic E-state index is 13.0. The number of rotatable bonds is 8. The van der Waals surface area contributed by atoms with Gasteiger partial charge in [-0.25, -0.2) is 0 Å². The van der Waals surface area contributed by atoms with Gasteiger partial charge >= 0.3 is 0 Å². The molecule has 0 aliphatic heterocycles. The van der Waals surface area contributed by atoms with Gasteiger partial charge in [0, 0.05) is 42.3 Å². The van der Waals surface area contributed by atoms with Crippen molar-refractivity contribution in [2.75, 3.05) is 6.54 Å². The highest BCUT2D eigenvalue weighted by Crippen LogP contribution is 2.22. The van der Waals surface area contributed by atoms with E-state index in [0.717, 1.165) is 12.0 Å². The summed E-state index contributed by atoms with van der Waals surface area (Å²) in [5.74, 6) is 0.623. The number of nitro benzene ring substituents is 1. The van der Waals surface area contributed by atoms with E-state index < -0.39 is 4.92 Å². The molecular weight excluding hydrogens is 384 g/mol. The predicted octanol–water partition coefficient (Wildman–Crippen LogP) is 4.44. The number of aryl methyl sites for hydroxylation is 1. The number of hydrogen-bond donors (Lipinski definition) is 0. The third-order valence-corrected chi connectivity index (χ3v) is 5.03. The van der Waals surface area contributed by atoms with E-state index in [1.54, 1.807) is 12.1 Å². The van der Waals surface area contributed by atoms with Gasteiger partial charge in [0.05, 0.1) is 4.92 Å². The third kappa shape index (κ3) is 4.89. The maximum atomic E-state index is 13.0. The van der Waals surface area contributed by atoms with Crippen LogP contribution in [-0.4, -0.2) is 38.5 Å². The van der Waals surface area contributed by atoms with Crippen LogP contribution in [0, 0.1) is 17.0 Å². The summed E-state index contributed by atoms with van der Waals surface area (Å²) in [4.78, 5) is 29.6. The lowest BCUT2D eigenvalue weighted by atomic mass is 10.1. The van der Waals surface area contributed by atoms with Gasteiger partial charge in [0.15, 0.2) is 0 Å². The summed E-state index contributed by atoms with van der Waals surface area (Å²) in [5, 5.41) is 14.9. The van der Waals surface area contributed by atoms with Crippen molar-refractivity contribution >= 4 is 11.6 Å². The zero-order valence-corrected chi connectivity index (χ0v) is 17.2. The number of non-ortho nitro benzene ring substituents is 1. The molecule has 0 N–H and O–H groups in total. The van der Waals surface area contributed by atoms with Crippen molar-refractivity contribution in [1.82, 2.24) is 15.0 Å². The van der Waals surface area contributed by atoms with Gasteiger partial charge in [0.2, 0.25) is 11.7 Å². The van der Waals surface area contributed by atoms with Crippen LogP contribution < -0.4 is 0 Å². The average Bonchev–Trinajstić information content (AvgIpc) is 3.23. The summed E-state index contributed by atoms with van der Waals surface area (Å²) >= 11 is 0. The van der Waals surface area contributed by atoms with Crippen LogP contribution in [0.25, 0.3) is 11.4 Å². The Kier molecular flexibility index (Phi) is 6.56. The number of carbonyl (C=O) groups excluding carboxylic acids is 1. The molecule has 3 rings (SSSR count). The van der Waals surface area contributed by atoms with Gasteiger partial charge in [0.25, 0.3) is 11.6 Å². The molecule has 0 saturated heterocycles. The molecule has 0 unspecified atom stereocenters. The Morgan fingerprint density at radius 3 is 2.63 bits per heavy atom. The van der Waals surface area contributed by atoms with Crippen LogP contribution in [0.4, 0.5) is 5.69 Å². The molecule has 1 aromatic heterocycles. The molecule has 0 bridgehead atoms. The monoisotopic (exact) mass is 408 g/mol. The van der Waals surface area contributed by atoms with Gasteiger partial charge in [-0.05, 0) is 32.4 Å². The highest BCUT2D eigenvalue weighted by molar-refractivity contribution is 5.94. The van der Waals surface area contributed by atoms with Crippen LogP contribution in [0.15, 0.2) is 53.1 Å². The van der Waals surface area contributed by atoms with Crippen molar-refractivity contribution < 1.29 is 14.2 Å². The highest BCUT2D eigenvalue weighted by Gasteiger charge is 2.21. The second-order valence-corrected chi connectivity index (χ2v) is 7.19. The molecule has 3 aromatic rings. The Balaban J connectivity index is 1.73. The van der Waals surface area contributed by atoms with E-state index in [4.69, 9.17) is 4.52 Å². The van der Waals surface area contributed by atoms with Crippen LogP contribution in [0.2, 0.25) is 0 Å². The van der Waals surface area contributed by atoms with Gasteiger partial charge in [-0.3, -0.25) is 14.9 Å². The van der Waals surface area contributed by atoms with Crippen molar-refractivity contribution in [2.24, 2.45) is 0 Å². The molecule has 0 aliphatic carbocycles. The molecule has 0 aliphatic rings. The summed E-state index contributed by atoms with van der Waals surface area (Å²) in [5.41, 5.74) is 2.21. The van der Waals surface area contributed by atoms with E-state index in [-0.39, 0.29) is 23.5 Å². The Labute approximate surface area is 174 Å². The van der Waals surface area contributed by atoms with Crippen LogP contribution >= 0.6 is 0 Å². The zero-order valence-electron chi connectivity index (χ0n) is 17.2. The molecule has 0 spiro atoms. The predicted molar refractivity (Wildman–Crippen MR) is 112 cm³/mol. The summed E-state index contributed by atoms with van der Waals surface area (Å²) < 4.78 is 5.32. The first kappa shape index (κ1) is 21.2. The molecule has 0 radical (unpaired) electrons. The number of aromatic nitrogens is 2. The molecule has 2 aromatic carbocycles. The fourth-order valence-electron chi connectivity index (χ4n) is 3.05. The van der Waals surface area contributed by atoms with E-state index in [1.807, 2.05) is 49.9 Å².